The van der Waals surface area contributed by atoms with E-state index in [2.05, 4.69) is 69.2 Å². The van der Waals surface area contributed by atoms with E-state index in [1.165, 1.54) is 11.8 Å². The molecule has 0 aliphatic heterocycles. The molecule has 1 amide bonds. The predicted molar refractivity (Wildman–Crippen MR) is 115 cm³/mol. The summed E-state index contributed by atoms with van der Waals surface area (Å²) in [5, 5.41) is 13.8. The topological polar surface area (TPSA) is 70.9 Å². The Kier molecular flexibility index (Phi) is 7.06. The van der Waals surface area contributed by atoms with E-state index in [-0.39, 0.29) is 23.7 Å². The molecule has 27 heavy (non-hydrogen) atoms. The van der Waals surface area contributed by atoms with Gasteiger partial charge in [-0.15, -0.1) is 0 Å². The van der Waals surface area contributed by atoms with Gasteiger partial charge in [0, 0.05) is 10.0 Å². The van der Waals surface area contributed by atoms with Gasteiger partial charge in [-0.25, -0.2) is 5.43 Å². The molecule has 0 unspecified atom stereocenters. The molecule has 0 atom stereocenters. The highest BCUT2D eigenvalue weighted by Crippen LogP contribution is 2.30. The number of hydrazone groups is 1. The fourth-order valence-corrected chi connectivity index (χ4v) is 3.57. The summed E-state index contributed by atoms with van der Waals surface area (Å²) >= 11 is 6.58. The van der Waals surface area contributed by atoms with Gasteiger partial charge in [-0.3, -0.25) is 4.79 Å². The zero-order chi connectivity index (χ0) is 20.2. The highest BCUT2D eigenvalue weighted by Gasteiger charge is 2.15. The maximum absolute atomic E-state index is 11.9. The summed E-state index contributed by atoms with van der Waals surface area (Å²) < 4.78 is 6.89. The van der Waals surface area contributed by atoms with E-state index >= 15 is 0 Å². The van der Waals surface area contributed by atoms with Crippen LogP contribution in [0.2, 0.25) is 0 Å². The lowest BCUT2D eigenvalue weighted by molar-refractivity contribution is -0.123. The SMILES string of the molecule is Cc1cc(C(C)(C)C)ccc1OCC(=O)NN=Cc1cc(Br)cc(Br)c1O. The first kappa shape index (κ1) is 21.4. The second kappa shape index (κ2) is 8.89. The third-order valence-corrected chi connectivity index (χ3v) is 4.91. The number of phenolic OH excluding ortho intramolecular Hbond substituents is 1. The number of benzene rings is 2. The molecule has 0 spiro atoms. The zero-order valence-electron chi connectivity index (χ0n) is 15.6. The van der Waals surface area contributed by atoms with Gasteiger partial charge in [-0.2, -0.15) is 5.10 Å². The van der Waals surface area contributed by atoms with Gasteiger partial charge in [-0.05, 0) is 57.6 Å². The van der Waals surface area contributed by atoms with Gasteiger partial charge in [0.2, 0.25) is 0 Å². The van der Waals surface area contributed by atoms with Gasteiger partial charge in [0.1, 0.15) is 11.5 Å². The molecule has 5 nitrogen and oxygen atoms in total. The fraction of sp³-hybridized carbons (Fsp3) is 0.300. The molecule has 0 bridgehead atoms. The summed E-state index contributed by atoms with van der Waals surface area (Å²) in [4.78, 5) is 11.9. The average molecular weight is 498 g/mol. The van der Waals surface area contributed by atoms with Crippen molar-refractivity contribution in [1.29, 1.82) is 0 Å². The van der Waals surface area contributed by atoms with Crippen LogP contribution in [-0.4, -0.2) is 23.8 Å². The molecule has 2 N–H and O–H groups in total. The smallest absolute Gasteiger partial charge is 0.277 e. The van der Waals surface area contributed by atoms with Crippen LogP contribution < -0.4 is 10.2 Å². The number of aryl methyl sites for hydroxylation is 1. The Bertz CT molecular complexity index is 874. The van der Waals surface area contributed by atoms with E-state index < -0.39 is 0 Å². The Morgan fingerprint density at radius 3 is 2.59 bits per heavy atom. The number of hydrogen-bond acceptors (Lipinski definition) is 4. The monoisotopic (exact) mass is 496 g/mol. The van der Waals surface area contributed by atoms with Gasteiger partial charge in [-0.1, -0.05) is 48.8 Å². The quantitative estimate of drug-likeness (QED) is 0.448. The highest BCUT2D eigenvalue weighted by atomic mass is 79.9. The number of hydrogen-bond donors (Lipinski definition) is 2. The molecule has 2 aromatic rings. The van der Waals surface area contributed by atoms with Crippen LogP contribution in [0.4, 0.5) is 0 Å². The summed E-state index contributed by atoms with van der Waals surface area (Å²) in [7, 11) is 0. The Morgan fingerprint density at radius 2 is 1.96 bits per heavy atom. The first-order valence-corrected chi connectivity index (χ1v) is 9.90. The molecule has 0 aliphatic rings. The maximum Gasteiger partial charge on any atom is 0.277 e. The maximum atomic E-state index is 11.9. The van der Waals surface area contributed by atoms with Crippen LogP contribution in [-0.2, 0) is 10.2 Å². The van der Waals surface area contributed by atoms with Crippen LogP contribution in [0.1, 0.15) is 37.5 Å². The first-order chi connectivity index (χ1) is 12.6. The molecule has 0 saturated heterocycles. The molecule has 2 aromatic carbocycles. The van der Waals surface area contributed by atoms with Crippen molar-refractivity contribution < 1.29 is 14.6 Å². The lowest BCUT2D eigenvalue weighted by Crippen LogP contribution is -2.24. The van der Waals surface area contributed by atoms with Crippen molar-refractivity contribution in [3.63, 3.8) is 0 Å². The van der Waals surface area contributed by atoms with Crippen LogP contribution in [0.5, 0.6) is 11.5 Å². The normalized spacial score (nSPS) is 11.6. The van der Waals surface area contributed by atoms with Gasteiger partial charge in [0.05, 0.1) is 10.7 Å². The van der Waals surface area contributed by atoms with E-state index in [0.717, 1.165) is 10.0 Å². The number of halogens is 2. The molecule has 144 valence electrons. The molecule has 0 aliphatic carbocycles. The number of rotatable bonds is 5. The van der Waals surface area contributed by atoms with E-state index in [1.54, 1.807) is 12.1 Å². The number of nitrogens with one attached hydrogen (secondary N) is 1. The molecule has 2 rings (SSSR count). The van der Waals surface area contributed by atoms with Crippen LogP contribution in [0.15, 0.2) is 44.4 Å². The average Bonchev–Trinajstić information content (AvgIpc) is 2.57. The Labute approximate surface area is 176 Å². The number of ether oxygens (including phenoxy) is 1. The molecule has 0 saturated carbocycles. The Balaban J connectivity index is 1.94. The molecule has 0 radical (unpaired) electrons. The summed E-state index contributed by atoms with van der Waals surface area (Å²) in [6.07, 6.45) is 1.37. The molecule has 0 aromatic heterocycles. The van der Waals surface area contributed by atoms with Crippen LogP contribution in [0.3, 0.4) is 0 Å². The van der Waals surface area contributed by atoms with E-state index in [1.807, 2.05) is 19.1 Å². The van der Waals surface area contributed by atoms with Crippen molar-refractivity contribution >= 4 is 44.0 Å². The van der Waals surface area contributed by atoms with Crippen molar-refractivity contribution in [2.24, 2.45) is 5.10 Å². The summed E-state index contributed by atoms with van der Waals surface area (Å²) in [5.74, 6) is 0.316. The Hall–Kier alpha value is -1.86. The largest absolute Gasteiger partial charge is 0.506 e. The van der Waals surface area contributed by atoms with Gasteiger partial charge in [0.15, 0.2) is 6.61 Å². The summed E-state index contributed by atoms with van der Waals surface area (Å²) in [5.41, 5.74) is 5.09. The summed E-state index contributed by atoms with van der Waals surface area (Å²) in [6.45, 7) is 8.25. The van der Waals surface area contributed by atoms with Crippen molar-refractivity contribution in [1.82, 2.24) is 5.43 Å². The minimum Gasteiger partial charge on any atom is -0.506 e. The number of carbonyl (C=O) groups excluding carboxylic acids is 1. The van der Waals surface area contributed by atoms with Crippen LogP contribution >= 0.6 is 31.9 Å². The van der Waals surface area contributed by atoms with Crippen LogP contribution in [0.25, 0.3) is 0 Å². The van der Waals surface area contributed by atoms with E-state index in [9.17, 15) is 9.90 Å². The number of amides is 1. The van der Waals surface area contributed by atoms with Gasteiger partial charge in [0.25, 0.3) is 5.91 Å². The number of carbonyl (C=O) groups is 1. The number of aromatic hydroxyl groups is 1. The molecular weight excluding hydrogens is 476 g/mol. The fourth-order valence-electron chi connectivity index (χ4n) is 2.31. The van der Waals surface area contributed by atoms with Gasteiger partial charge >= 0.3 is 0 Å². The van der Waals surface area contributed by atoms with Crippen molar-refractivity contribution in [2.75, 3.05) is 6.61 Å². The third kappa shape index (κ3) is 6.07. The minimum atomic E-state index is -0.390. The minimum absolute atomic E-state index is 0.0435. The molecule has 0 fully saturated rings. The third-order valence-electron chi connectivity index (χ3n) is 3.85. The van der Waals surface area contributed by atoms with Crippen molar-refractivity contribution in [3.8, 4) is 11.5 Å². The van der Waals surface area contributed by atoms with Crippen molar-refractivity contribution in [2.45, 2.75) is 33.1 Å². The number of phenols is 1. The standard InChI is InChI=1S/C20H22Br2N2O3/c1-12-7-14(20(2,3)4)5-6-17(12)27-11-18(25)24-23-10-13-8-15(21)9-16(22)19(13)26/h5-10,26H,11H2,1-4H3,(H,24,25). The first-order valence-electron chi connectivity index (χ1n) is 8.32. The molecular formula is C20H22Br2N2O3. The summed E-state index contributed by atoms with van der Waals surface area (Å²) in [6, 6.07) is 9.36. The zero-order valence-corrected chi connectivity index (χ0v) is 18.8. The van der Waals surface area contributed by atoms with E-state index in [4.69, 9.17) is 4.74 Å². The second-order valence-electron chi connectivity index (χ2n) is 7.14. The second-order valence-corrected chi connectivity index (χ2v) is 8.91. The van der Waals surface area contributed by atoms with Gasteiger partial charge < -0.3 is 9.84 Å². The van der Waals surface area contributed by atoms with Crippen molar-refractivity contribution in [3.05, 3.63) is 56.0 Å². The number of nitrogens with zero attached hydrogens (tertiary/aromatic N) is 1. The molecule has 7 heteroatoms. The molecule has 0 heterocycles. The lowest BCUT2D eigenvalue weighted by Gasteiger charge is -2.20. The van der Waals surface area contributed by atoms with E-state index in [0.29, 0.717) is 15.8 Å². The Morgan fingerprint density at radius 1 is 1.26 bits per heavy atom. The van der Waals surface area contributed by atoms with Crippen LogP contribution in [0, 0.1) is 6.92 Å². The predicted octanol–water partition coefficient (Wildman–Crippen LogP) is 5.05. The lowest BCUT2D eigenvalue weighted by atomic mass is 9.86. The highest BCUT2D eigenvalue weighted by molar-refractivity contribution is 9.11.